The highest BCUT2D eigenvalue weighted by Crippen LogP contribution is 2.32. The van der Waals surface area contributed by atoms with Gasteiger partial charge in [0.05, 0.1) is 11.6 Å². The number of nitrogens with two attached hydrogens (primary N) is 1. The number of pyridine rings is 1. The Labute approximate surface area is 112 Å². The molecule has 0 fully saturated rings. The van der Waals surface area contributed by atoms with Crippen molar-refractivity contribution in [1.82, 2.24) is 4.98 Å². The summed E-state index contributed by atoms with van der Waals surface area (Å²) in [5.74, 6) is 0.290. The van der Waals surface area contributed by atoms with Crippen LogP contribution >= 0.6 is 0 Å². The van der Waals surface area contributed by atoms with Gasteiger partial charge in [0.25, 0.3) is 0 Å². The van der Waals surface area contributed by atoms with E-state index in [-0.39, 0.29) is 5.82 Å². The lowest BCUT2D eigenvalue weighted by Gasteiger charge is -2.25. The van der Waals surface area contributed by atoms with Gasteiger partial charge in [-0.15, -0.1) is 0 Å². The summed E-state index contributed by atoms with van der Waals surface area (Å²) in [4.78, 5) is 4.07. The molecule has 0 bridgehead atoms. The Morgan fingerprint density at radius 1 is 1.37 bits per heavy atom. The molecule has 0 radical (unpaired) electrons. The van der Waals surface area contributed by atoms with Gasteiger partial charge >= 0.3 is 0 Å². The van der Waals surface area contributed by atoms with Crippen LogP contribution in [0.5, 0.6) is 0 Å². The average Bonchev–Trinajstić information content (AvgIpc) is 2.41. The monoisotopic (exact) mass is 253 g/mol. The van der Waals surface area contributed by atoms with Crippen molar-refractivity contribution in [3.05, 3.63) is 58.8 Å². The molecule has 4 nitrogen and oxygen atoms in total. The normalized spacial score (nSPS) is 13.6. The minimum absolute atomic E-state index is 0.290. The van der Waals surface area contributed by atoms with E-state index < -0.39 is 5.60 Å². The predicted molar refractivity (Wildman–Crippen MR) is 73.2 cm³/mol. The maximum absolute atomic E-state index is 10.8. The number of aliphatic hydroxyl groups is 1. The highest BCUT2D eigenvalue weighted by Gasteiger charge is 2.28. The molecule has 4 heteroatoms. The van der Waals surface area contributed by atoms with E-state index in [0.29, 0.717) is 16.7 Å². The molecule has 0 saturated carbocycles. The molecule has 0 aliphatic heterocycles. The summed E-state index contributed by atoms with van der Waals surface area (Å²) in [5, 5.41) is 19.7. The average molecular weight is 253 g/mol. The molecule has 2 rings (SSSR count). The van der Waals surface area contributed by atoms with Crippen molar-refractivity contribution in [3.63, 3.8) is 0 Å². The lowest BCUT2D eigenvalue weighted by Crippen LogP contribution is -2.25. The molecule has 0 amide bonds. The molecule has 2 aromatic rings. The van der Waals surface area contributed by atoms with Crippen LogP contribution in [0.4, 0.5) is 5.82 Å². The minimum Gasteiger partial charge on any atom is -0.383 e. The van der Waals surface area contributed by atoms with Gasteiger partial charge in [-0.2, -0.15) is 5.26 Å². The van der Waals surface area contributed by atoms with Gasteiger partial charge < -0.3 is 10.8 Å². The Morgan fingerprint density at radius 3 is 2.79 bits per heavy atom. The van der Waals surface area contributed by atoms with Crippen molar-refractivity contribution >= 4 is 5.82 Å². The number of aromatic nitrogens is 1. The molecule has 1 heterocycles. The van der Waals surface area contributed by atoms with Gasteiger partial charge in [0.15, 0.2) is 0 Å². The van der Waals surface area contributed by atoms with Crippen molar-refractivity contribution < 1.29 is 5.11 Å². The van der Waals surface area contributed by atoms with Gasteiger partial charge in [-0.25, -0.2) is 4.98 Å². The van der Waals surface area contributed by atoms with Crippen LogP contribution in [0.25, 0.3) is 0 Å². The third-order valence-electron chi connectivity index (χ3n) is 3.13. The van der Waals surface area contributed by atoms with Gasteiger partial charge in [-0.1, -0.05) is 12.1 Å². The van der Waals surface area contributed by atoms with Crippen molar-refractivity contribution in [1.29, 1.82) is 5.26 Å². The zero-order valence-electron chi connectivity index (χ0n) is 10.9. The summed E-state index contributed by atoms with van der Waals surface area (Å²) in [7, 11) is 0. The number of rotatable bonds is 2. The Hall–Kier alpha value is -2.38. The van der Waals surface area contributed by atoms with Crippen LogP contribution in [-0.4, -0.2) is 10.1 Å². The minimum atomic E-state index is -1.28. The van der Waals surface area contributed by atoms with Crippen molar-refractivity contribution in [2.24, 2.45) is 0 Å². The summed E-state index contributed by atoms with van der Waals surface area (Å²) >= 11 is 0. The second kappa shape index (κ2) is 4.71. The van der Waals surface area contributed by atoms with Gasteiger partial charge in [0, 0.05) is 11.8 Å². The standard InChI is InChI=1S/C15H15N3O/c1-10-6-13(14(17)18-9-10)15(2,19)12-5-3-4-11(7-12)8-16/h3-7,9,19H,1-2H3,(H2,17,18). The molecule has 3 N–H and O–H groups in total. The molecule has 0 aliphatic rings. The molecule has 0 aliphatic carbocycles. The zero-order valence-corrected chi connectivity index (χ0v) is 10.9. The van der Waals surface area contributed by atoms with E-state index in [1.165, 1.54) is 0 Å². The topological polar surface area (TPSA) is 82.9 Å². The fourth-order valence-electron chi connectivity index (χ4n) is 2.02. The first-order valence-corrected chi connectivity index (χ1v) is 5.91. The third kappa shape index (κ3) is 2.42. The highest BCUT2D eigenvalue weighted by molar-refractivity contribution is 5.50. The molecule has 1 atom stereocenters. The Balaban J connectivity index is 2.58. The van der Waals surface area contributed by atoms with Gasteiger partial charge in [0.2, 0.25) is 0 Å². The van der Waals surface area contributed by atoms with E-state index in [9.17, 15) is 5.11 Å². The maximum Gasteiger partial charge on any atom is 0.129 e. The van der Waals surface area contributed by atoms with E-state index in [1.807, 2.05) is 6.92 Å². The first-order valence-electron chi connectivity index (χ1n) is 5.91. The second-order valence-corrected chi connectivity index (χ2v) is 4.71. The van der Waals surface area contributed by atoms with Crippen LogP contribution < -0.4 is 5.73 Å². The van der Waals surface area contributed by atoms with Crippen LogP contribution in [0.3, 0.4) is 0 Å². The second-order valence-electron chi connectivity index (χ2n) is 4.71. The predicted octanol–water partition coefficient (Wildman–Crippen LogP) is 2.10. The summed E-state index contributed by atoms with van der Waals surface area (Å²) in [6.07, 6.45) is 1.65. The molecular formula is C15H15N3O. The number of nitrogens with zero attached hydrogens (tertiary/aromatic N) is 2. The van der Waals surface area contributed by atoms with E-state index in [2.05, 4.69) is 11.1 Å². The third-order valence-corrected chi connectivity index (χ3v) is 3.13. The molecule has 1 unspecified atom stereocenters. The number of benzene rings is 1. The van der Waals surface area contributed by atoms with Crippen LogP contribution in [0.1, 0.15) is 29.2 Å². The lowest BCUT2D eigenvalue weighted by atomic mass is 9.87. The quantitative estimate of drug-likeness (QED) is 0.858. The van der Waals surface area contributed by atoms with Crippen LogP contribution in [0.15, 0.2) is 36.5 Å². The van der Waals surface area contributed by atoms with Crippen molar-refractivity contribution in [2.45, 2.75) is 19.4 Å². The maximum atomic E-state index is 10.8. The number of hydrogen-bond donors (Lipinski definition) is 2. The number of aryl methyl sites for hydroxylation is 1. The van der Waals surface area contributed by atoms with E-state index in [1.54, 1.807) is 43.5 Å². The molecule has 1 aromatic carbocycles. The first kappa shape index (κ1) is 13.1. The van der Waals surface area contributed by atoms with E-state index in [0.717, 1.165) is 5.56 Å². The van der Waals surface area contributed by atoms with E-state index in [4.69, 9.17) is 11.0 Å². The number of anilines is 1. The van der Waals surface area contributed by atoms with Gasteiger partial charge in [0.1, 0.15) is 11.4 Å². The van der Waals surface area contributed by atoms with Gasteiger partial charge in [-0.3, -0.25) is 0 Å². The SMILES string of the molecule is Cc1cnc(N)c(C(C)(O)c2cccc(C#N)c2)c1. The highest BCUT2D eigenvalue weighted by atomic mass is 16.3. The lowest BCUT2D eigenvalue weighted by molar-refractivity contribution is 0.103. The Morgan fingerprint density at radius 2 is 2.11 bits per heavy atom. The Kier molecular flexibility index (Phi) is 3.24. The summed E-state index contributed by atoms with van der Waals surface area (Å²) in [5.41, 5.74) is 7.14. The van der Waals surface area contributed by atoms with Crippen molar-refractivity contribution in [3.8, 4) is 6.07 Å². The van der Waals surface area contributed by atoms with Gasteiger partial charge in [-0.05, 0) is 43.2 Å². The van der Waals surface area contributed by atoms with Crippen LogP contribution in [-0.2, 0) is 5.60 Å². The summed E-state index contributed by atoms with van der Waals surface area (Å²) in [6, 6.07) is 10.7. The van der Waals surface area contributed by atoms with Crippen molar-refractivity contribution in [2.75, 3.05) is 5.73 Å². The fraction of sp³-hybridized carbons (Fsp3) is 0.200. The zero-order chi connectivity index (χ0) is 14.0. The largest absolute Gasteiger partial charge is 0.383 e. The molecular weight excluding hydrogens is 238 g/mol. The number of nitrogen functional groups attached to an aromatic ring is 1. The van der Waals surface area contributed by atoms with Crippen LogP contribution in [0.2, 0.25) is 0 Å². The molecule has 1 aromatic heterocycles. The Bertz CT molecular complexity index is 657. The summed E-state index contributed by atoms with van der Waals surface area (Å²) in [6.45, 7) is 3.54. The summed E-state index contributed by atoms with van der Waals surface area (Å²) < 4.78 is 0. The molecule has 0 saturated heterocycles. The number of nitriles is 1. The smallest absolute Gasteiger partial charge is 0.129 e. The number of hydrogen-bond acceptors (Lipinski definition) is 4. The van der Waals surface area contributed by atoms with Crippen LogP contribution in [0, 0.1) is 18.3 Å². The molecule has 0 spiro atoms. The molecule has 19 heavy (non-hydrogen) atoms. The first-order chi connectivity index (χ1) is 8.95. The van der Waals surface area contributed by atoms with E-state index >= 15 is 0 Å². The molecule has 96 valence electrons. The fourth-order valence-corrected chi connectivity index (χ4v) is 2.02.